The summed E-state index contributed by atoms with van der Waals surface area (Å²) < 4.78 is 7.14. The van der Waals surface area contributed by atoms with Gasteiger partial charge in [-0.2, -0.15) is 0 Å². The number of nitrogens with zero attached hydrogens (tertiary/aromatic N) is 3. The second-order valence-corrected chi connectivity index (χ2v) is 7.80. The Kier molecular flexibility index (Phi) is 5.95. The van der Waals surface area contributed by atoms with Gasteiger partial charge in [0, 0.05) is 18.2 Å². The molecule has 0 radical (unpaired) electrons. The van der Waals surface area contributed by atoms with Crippen LogP contribution < -0.4 is 4.74 Å². The van der Waals surface area contributed by atoms with Gasteiger partial charge in [0.2, 0.25) is 0 Å². The second kappa shape index (κ2) is 8.97. The van der Waals surface area contributed by atoms with Crippen molar-refractivity contribution in [2.45, 2.75) is 10.4 Å². The van der Waals surface area contributed by atoms with Gasteiger partial charge in [-0.15, -0.1) is 10.2 Å². The molecule has 0 aliphatic carbocycles. The average molecular weight is 416 g/mol. The molecule has 5 nitrogen and oxygen atoms in total. The topological polar surface area (TPSA) is 57.0 Å². The molecule has 0 aliphatic heterocycles. The summed E-state index contributed by atoms with van der Waals surface area (Å²) in [6.07, 6.45) is 0. The predicted octanol–water partition coefficient (Wildman–Crippen LogP) is 5.21. The van der Waals surface area contributed by atoms with Crippen molar-refractivity contribution in [1.82, 2.24) is 14.8 Å². The highest BCUT2D eigenvalue weighted by molar-refractivity contribution is 8.00. The normalized spacial score (nSPS) is 11.8. The number of carbonyl (C=O) groups excluding carboxylic acids is 1. The second-order valence-electron chi connectivity index (χ2n) is 6.73. The molecule has 4 rings (SSSR count). The third-order valence-corrected chi connectivity index (χ3v) is 6.09. The van der Waals surface area contributed by atoms with Gasteiger partial charge in [-0.1, -0.05) is 72.4 Å². The minimum absolute atomic E-state index is 0.0424. The summed E-state index contributed by atoms with van der Waals surface area (Å²) in [4.78, 5) is 13.3. The summed E-state index contributed by atoms with van der Waals surface area (Å²) in [6, 6.07) is 26.8. The van der Waals surface area contributed by atoms with E-state index in [0.717, 1.165) is 22.7 Å². The van der Waals surface area contributed by atoms with Gasteiger partial charge in [-0.3, -0.25) is 4.79 Å². The van der Waals surface area contributed by atoms with Gasteiger partial charge in [-0.05, 0) is 29.8 Å². The molecule has 0 spiro atoms. The van der Waals surface area contributed by atoms with E-state index in [1.165, 1.54) is 11.8 Å². The Morgan fingerprint density at radius 3 is 2.17 bits per heavy atom. The van der Waals surface area contributed by atoms with E-state index in [0.29, 0.717) is 10.7 Å². The molecule has 6 heteroatoms. The van der Waals surface area contributed by atoms with Crippen LogP contribution in [0.4, 0.5) is 0 Å². The van der Waals surface area contributed by atoms with Crippen molar-refractivity contribution >= 4 is 17.5 Å². The van der Waals surface area contributed by atoms with Gasteiger partial charge < -0.3 is 9.30 Å². The molecule has 0 amide bonds. The van der Waals surface area contributed by atoms with E-state index in [9.17, 15) is 4.79 Å². The van der Waals surface area contributed by atoms with Gasteiger partial charge in [0.25, 0.3) is 0 Å². The van der Waals surface area contributed by atoms with Crippen molar-refractivity contribution in [3.05, 3.63) is 96.1 Å². The third-order valence-electron chi connectivity index (χ3n) is 4.81. The number of ketones is 1. The SMILES string of the molecule is COc1ccc(-c2nnc(S[C@@H](C(=O)c3ccccc3)c3ccccc3)n2C)cc1. The third kappa shape index (κ3) is 4.14. The molecular weight excluding hydrogens is 394 g/mol. The lowest BCUT2D eigenvalue weighted by Crippen LogP contribution is -2.11. The fourth-order valence-corrected chi connectivity index (χ4v) is 4.25. The number of benzene rings is 3. The first kappa shape index (κ1) is 19.9. The van der Waals surface area contributed by atoms with E-state index in [1.54, 1.807) is 7.11 Å². The first-order valence-corrected chi connectivity index (χ1v) is 10.4. The lowest BCUT2D eigenvalue weighted by Gasteiger charge is -2.16. The van der Waals surface area contributed by atoms with E-state index in [-0.39, 0.29) is 5.78 Å². The van der Waals surface area contributed by atoms with Gasteiger partial charge in [0.1, 0.15) is 11.0 Å². The monoisotopic (exact) mass is 415 g/mol. The van der Waals surface area contributed by atoms with Crippen molar-refractivity contribution in [1.29, 1.82) is 0 Å². The summed E-state index contributed by atoms with van der Waals surface area (Å²) in [7, 11) is 3.55. The van der Waals surface area contributed by atoms with Crippen molar-refractivity contribution in [3.63, 3.8) is 0 Å². The highest BCUT2D eigenvalue weighted by Gasteiger charge is 2.26. The first-order valence-electron chi connectivity index (χ1n) is 9.52. The van der Waals surface area contributed by atoms with E-state index < -0.39 is 5.25 Å². The van der Waals surface area contributed by atoms with Crippen molar-refractivity contribution in [3.8, 4) is 17.1 Å². The maximum absolute atomic E-state index is 13.3. The zero-order valence-electron chi connectivity index (χ0n) is 16.7. The molecule has 4 aromatic rings. The molecule has 0 N–H and O–H groups in total. The van der Waals surface area contributed by atoms with Crippen molar-refractivity contribution < 1.29 is 9.53 Å². The number of carbonyl (C=O) groups is 1. The zero-order valence-corrected chi connectivity index (χ0v) is 17.5. The quantitative estimate of drug-likeness (QED) is 0.306. The maximum atomic E-state index is 13.3. The molecule has 1 aromatic heterocycles. The van der Waals surface area contributed by atoms with Crippen LogP contribution in [0, 0.1) is 0 Å². The number of thioether (sulfide) groups is 1. The Morgan fingerprint density at radius 1 is 0.900 bits per heavy atom. The van der Waals surface area contributed by atoms with E-state index in [4.69, 9.17) is 4.74 Å². The molecule has 0 fully saturated rings. The molecule has 0 bridgehead atoms. The van der Waals surface area contributed by atoms with E-state index in [1.807, 2.05) is 96.5 Å². The van der Waals surface area contributed by atoms with Crippen LogP contribution >= 0.6 is 11.8 Å². The molecule has 0 saturated carbocycles. The number of methoxy groups -OCH3 is 1. The fraction of sp³-hybridized carbons (Fsp3) is 0.125. The Labute approximate surface area is 179 Å². The lowest BCUT2D eigenvalue weighted by atomic mass is 10.0. The highest BCUT2D eigenvalue weighted by atomic mass is 32.2. The highest BCUT2D eigenvalue weighted by Crippen LogP contribution is 2.37. The van der Waals surface area contributed by atoms with E-state index >= 15 is 0 Å². The maximum Gasteiger partial charge on any atom is 0.192 e. The Hall–Kier alpha value is -3.38. The van der Waals surface area contributed by atoms with Gasteiger partial charge in [-0.25, -0.2) is 0 Å². The van der Waals surface area contributed by atoms with Crippen LogP contribution in [0.5, 0.6) is 5.75 Å². The molecule has 1 atom stereocenters. The number of hydrogen-bond acceptors (Lipinski definition) is 5. The standard InChI is InChI=1S/C24H21N3O2S/c1-27-23(19-13-15-20(29-2)16-14-19)25-26-24(27)30-22(18-11-7-4-8-12-18)21(28)17-9-5-3-6-10-17/h3-16,22H,1-2H3/t22-/m1/s1. The minimum Gasteiger partial charge on any atom is -0.497 e. The number of Topliss-reactive ketones (excluding diaryl/α,β-unsaturated/α-hetero) is 1. The summed E-state index contributed by atoms with van der Waals surface area (Å²) >= 11 is 1.41. The molecular formula is C24H21N3O2S. The zero-order chi connectivity index (χ0) is 20.9. The number of aromatic nitrogens is 3. The molecule has 0 aliphatic rings. The van der Waals surface area contributed by atoms with Gasteiger partial charge in [0.15, 0.2) is 16.8 Å². The number of ether oxygens (including phenoxy) is 1. The lowest BCUT2D eigenvalue weighted by molar-refractivity contribution is 0.0989. The van der Waals surface area contributed by atoms with Crippen LogP contribution in [-0.4, -0.2) is 27.7 Å². The Morgan fingerprint density at radius 2 is 1.53 bits per heavy atom. The molecule has 0 unspecified atom stereocenters. The van der Waals surface area contributed by atoms with Crippen LogP contribution in [0.15, 0.2) is 90.1 Å². The average Bonchev–Trinajstić information content (AvgIpc) is 3.18. The van der Waals surface area contributed by atoms with Gasteiger partial charge in [0.05, 0.1) is 7.11 Å². The molecule has 3 aromatic carbocycles. The van der Waals surface area contributed by atoms with Crippen molar-refractivity contribution in [2.24, 2.45) is 7.05 Å². The number of hydrogen-bond donors (Lipinski definition) is 0. The molecule has 1 heterocycles. The van der Waals surface area contributed by atoms with E-state index in [2.05, 4.69) is 10.2 Å². The smallest absolute Gasteiger partial charge is 0.192 e. The Bertz CT molecular complexity index is 1130. The summed E-state index contributed by atoms with van der Waals surface area (Å²) in [6.45, 7) is 0. The molecule has 30 heavy (non-hydrogen) atoms. The molecule has 0 saturated heterocycles. The Balaban J connectivity index is 1.67. The minimum atomic E-state index is -0.416. The summed E-state index contributed by atoms with van der Waals surface area (Å²) in [5, 5.41) is 8.99. The van der Waals surface area contributed by atoms with Crippen LogP contribution in [-0.2, 0) is 7.05 Å². The van der Waals surface area contributed by atoms with Crippen LogP contribution in [0.2, 0.25) is 0 Å². The fourth-order valence-electron chi connectivity index (χ4n) is 3.17. The predicted molar refractivity (Wildman–Crippen MR) is 119 cm³/mol. The molecule has 150 valence electrons. The van der Waals surface area contributed by atoms with Crippen LogP contribution in [0.1, 0.15) is 21.2 Å². The summed E-state index contributed by atoms with van der Waals surface area (Å²) in [5.41, 5.74) is 2.55. The van der Waals surface area contributed by atoms with Gasteiger partial charge >= 0.3 is 0 Å². The van der Waals surface area contributed by atoms with Crippen LogP contribution in [0.25, 0.3) is 11.4 Å². The first-order chi connectivity index (χ1) is 14.7. The largest absolute Gasteiger partial charge is 0.497 e. The van der Waals surface area contributed by atoms with Crippen LogP contribution in [0.3, 0.4) is 0 Å². The summed E-state index contributed by atoms with van der Waals surface area (Å²) in [5.74, 6) is 1.56. The number of rotatable bonds is 7. The van der Waals surface area contributed by atoms with Crippen molar-refractivity contribution in [2.75, 3.05) is 7.11 Å².